The summed E-state index contributed by atoms with van der Waals surface area (Å²) < 4.78 is 6.05. The van der Waals surface area contributed by atoms with Crippen LogP contribution < -0.4 is 11.1 Å². The van der Waals surface area contributed by atoms with Gasteiger partial charge in [0, 0.05) is 18.7 Å². The molecule has 2 aliphatic rings. The summed E-state index contributed by atoms with van der Waals surface area (Å²) in [6.45, 7) is 4.32. The predicted octanol–water partition coefficient (Wildman–Crippen LogP) is 2.05. The van der Waals surface area contributed by atoms with Gasteiger partial charge in [0.05, 0.1) is 6.10 Å². The Balaban J connectivity index is 1.63. The van der Waals surface area contributed by atoms with E-state index < -0.39 is 0 Å². The molecule has 3 nitrogen and oxygen atoms in total. The van der Waals surface area contributed by atoms with Crippen LogP contribution in [-0.4, -0.2) is 31.3 Å². The smallest absolute Gasteiger partial charge is 0.0700 e. The lowest BCUT2D eigenvalue weighted by atomic mass is 9.87. The maximum atomic E-state index is 6.05. The summed E-state index contributed by atoms with van der Waals surface area (Å²) in [7, 11) is 0. The molecule has 2 fully saturated rings. The van der Waals surface area contributed by atoms with Crippen molar-refractivity contribution in [2.75, 3.05) is 13.2 Å². The van der Waals surface area contributed by atoms with E-state index in [9.17, 15) is 0 Å². The van der Waals surface area contributed by atoms with Gasteiger partial charge in [0.1, 0.15) is 0 Å². The largest absolute Gasteiger partial charge is 0.377 e. The molecule has 1 heterocycles. The van der Waals surface area contributed by atoms with Crippen molar-refractivity contribution in [1.82, 2.24) is 5.32 Å². The van der Waals surface area contributed by atoms with Crippen LogP contribution in [0.5, 0.6) is 0 Å². The minimum Gasteiger partial charge on any atom is -0.377 e. The molecule has 0 bridgehead atoms. The number of nitrogens with one attached hydrogen (secondary N) is 1. The molecule has 0 spiro atoms. The van der Waals surface area contributed by atoms with Crippen LogP contribution in [0.3, 0.4) is 0 Å². The van der Waals surface area contributed by atoms with Crippen LogP contribution in [0.15, 0.2) is 0 Å². The van der Waals surface area contributed by atoms with Crippen LogP contribution in [0.4, 0.5) is 0 Å². The Morgan fingerprint density at radius 2 is 1.94 bits per heavy atom. The Morgan fingerprint density at radius 3 is 2.59 bits per heavy atom. The van der Waals surface area contributed by atoms with Crippen molar-refractivity contribution < 1.29 is 4.74 Å². The van der Waals surface area contributed by atoms with Crippen LogP contribution >= 0.6 is 0 Å². The van der Waals surface area contributed by atoms with Gasteiger partial charge >= 0.3 is 0 Å². The third-order valence-electron chi connectivity index (χ3n) is 4.40. The molecule has 3 heteroatoms. The van der Waals surface area contributed by atoms with Crippen molar-refractivity contribution in [3.8, 4) is 0 Å². The lowest BCUT2D eigenvalue weighted by molar-refractivity contribution is 0.00389. The fraction of sp³-hybridized carbons (Fsp3) is 1.00. The van der Waals surface area contributed by atoms with Crippen molar-refractivity contribution in [3.63, 3.8) is 0 Å². The number of piperidine rings is 1. The van der Waals surface area contributed by atoms with Crippen LogP contribution in [-0.2, 0) is 4.74 Å². The first-order valence-electron chi connectivity index (χ1n) is 7.36. The fourth-order valence-corrected chi connectivity index (χ4v) is 3.04. The third-order valence-corrected chi connectivity index (χ3v) is 4.40. The molecule has 1 saturated heterocycles. The van der Waals surface area contributed by atoms with Crippen molar-refractivity contribution in [1.29, 1.82) is 0 Å². The minimum atomic E-state index is 0.367. The Morgan fingerprint density at radius 1 is 1.18 bits per heavy atom. The van der Waals surface area contributed by atoms with Gasteiger partial charge in [0.2, 0.25) is 0 Å². The molecule has 100 valence electrons. The summed E-state index contributed by atoms with van der Waals surface area (Å²) in [5.41, 5.74) is 5.92. The predicted molar refractivity (Wildman–Crippen MR) is 71.0 cm³/mol. The molecule has 17 heavy (non-hydrogen) atoms. The topological polar surface area (TPSA) is 47.3 Å². The summed E-state index contributed by atoms with van der Waals surface area (Å²) in [5.74, 6) is 0.751. The molecule has 3 N–H and O–H groups in total. The Labute approximate surface area is 105 Å². The average molecular weight is 240 g/mol. The van der Waals surface area contributed by atoms with E-state index in [1.165, 1.54) is 44.9 Å². The Bertz CT molecular complexity index is 208. The quantitative estimate of drug-likeness (QED) is 0.790. The highest BCUT2D eigenvalue weighted by Gasteiger charge is 2.23. The van der Waals surface area contributed by atoms with Crippen molar-refractivity contribution >= 4 is 0 Å². The van der Waals surface area contributed by atoms with Crippen LogP contribution in [0.1, 0.15) is 51.9 Å². The zero-order chi connectivity index (χ0) is 12.1. The molecule has 0 aromatic carbocycles. The lowest BCUT2D eigenvalue weighted by Gasteiger charge is -2.31. The van der Waals surface area contributed by atoms with Gasteiger partial charge in [-0.3, -0.25) is 0 Å². The monoisotopic (exact) mass is 240 g/mol. The molecule has 1 unspecified atom stereocenters. The van der Waals surface area contributed by atoms with Gasteiger partial charge in [-0.2, -0.15) is 0 Å². The second-order valence-corrected chi connectivity index (χ2v) is 5.88. The van der Waals surface area contributed by atoms with E-state index in [-0.39, 0.29) is 0 Å². The molecule has 0 radical (unpaired) electrons. The zero-order valence-electron chi connectivity index (χ0n) is 11.2. The molecule has 0 aromatic heterocycles. The summed E-state index contributed by atoms with van der Waals surface area (Å²) in [5, 5.41) is 3.57. The van der Waals surface area contributed by atoms with E-state index in [0.717, 1.165) is 19.1 Å². The van der Waals surface area contributed by atoms with Crippen molar-refractivity contribution in [2.24, 2.45) is 11.7 Å². The number of rotatable bonds is 4. The van der Waals surface area contributed by atoms with E-state index in [4.69, 9.17) is 10.5 Å². The molecular formula is C14H28N2O. The van der Waals surface area contributed by atoms with Gasteiger partial charge in [-0.05, 0) is 57.9 Å². The normalized spacial score (nSPS) is 36.7. The molecule has 1 aliphatic carbocycles. The van der Waals surface area contributed by atoms with E-state index in [0.29, 0.717) is 18.2 Å². The Hall–Kier alpha value is -0.120. The Kier molecular flexibility index (Phi) is 5.26. The van der Waals surface area contributed by atoms with Gasteiger partial charge in [-0.15, -0.1) is 0 Å². The van der Waals surface area contributed by atoms with E-state index in [1.54, 1.807) is 0 Å². The van der Waals surface area contributed by atoms with Crippen molar-refractivity contribution in [3.05, 3.63) is 0 Å². The number of hydrogen-bond acceptors (Lipinski definition) is 3. The van der Waals surface area contributed by atoms with Gasteiger partial charge in [-0.1, -0.05) is 6.42 Å². The van der Waals surface area contributed by atoms with Gasteiger partial charge in [0.15, 0.2) is 0 Å². The molecule has 0 aromatic rings. The maximum absolute atomic E-state index is 6.05. The summed E-state index contributed by atoms with van der Waals surface area (Å²) in [6.07, 6.45) is 9.20. The van der Waals surface area contributed by atoms with E-state index >= 15 is 0 Å². The van der Waals surface area contributed by atoms with E-state index in [2.05, 4.69) is 12.2 Å². The van der Waals surface area contributed by atoms with Gasteiger partial charge in [-0.25, -0.2) is 0 Å². The van der Waals surface area contributed by atoms with Crippen molar-refractivity contribution in [2.45, 2.75) is 70.1 Å². The number of ether oxygens (including phenoxy) is 1. The van der Waals surface area contributed by atoms with Crippen LogP contribution in [0, 0.1) is 5.92 Å². The van der Waals surface area contributed by atoms with E-state index in [1.807, 2.05) is 0 Å². The summed E-state index contributed by atoms with van der Waals surface area (Å²) >= 11 is 0. The lowest BCUT2D eigenvalue weighted by Crippen LogP contribution is -2.43. The summed E-state index contributed by atoms with van der Waals surface area (Å²) in [4.78, 5) is 0. The first kappa shape index (κ1) is 13.3. The molecular weight excluding hydrogens is 212 g/mol. The third kappa shape index (κ3) is 4.23. The van der Waals surface area contributed by atoms with Crippen LogP contribution in [0.25, 0.3) is 0 Å². The second-order valence-electron chi connectivity index (χ2n) is 5.88. The first-order valence-corrected chi connectivity index (χ1v) is 7.36. The highest BCUT2D eigenvalue weighted by molar-refractivity contribution is 4.79. The van der Waals surface area contributed by atoms with Gasteiger partial charge in [0.25, 0.3) is 0 Å². The maximum Gasteiger partial charge on any atom is 0.0700 e. The second kappa shape index (κ2) is 6.72. The first-order chi connectivity index (χ1) is 8.25. The van der Waals surface area contributed by atoms with Gasteiger partial charge < -0.3 is 15.8 Å². The molecule has 0 amide bonds. The highest BCUT2D eigenvalue weighted by Crippen LogP contribution is 2.24. The number of hydrogen-bond donors (Lipinski definition) is 2. The minimum absolute atomic E-state index is 0.367. The standard InChI is InChI=1S/C14H28N2O/c1-11(14-4-2-3-9-16-14)17-10-12-5-7-13(15)8-6-12/h11-14,16H,2-10,15H2,1H3/t11-,12?,13?,14?/m1/s1. The molecule has 2 atom stereocenters. The molecule has 1 saturated carbocycles. The SMILES string of the molecule is C[C@@H](OCC1CCC(N)CC1)C1CCCCN1. The summed E-state index contributed by atoms with van der Waals surface area (Å²) in [6, 6.07) is 1.03. The highest BCUT2D eigenvalue weighted by atomic mass is 16.5. The molecule has 1 aliphatic heterocycles. The zero-order valence-corrected chi connectivity index (χ0v) is 11.2. The number of nitrogens with two attached hydrogens (primary N) is 1. The average Bonchev–Trinajstić information content (AvgIpc) is 2.39. The molecule has 2 rings (SSSR count). The van der Waals surface area contributed by atoms with Crippen LogP contribution in [0.2, 0.25) is 0 Å². The fourth-order valence-electron chi connectivity index (χ4n) is 3.04.